The van der Waals surface area contributed by atoms with Crippen molar-refractivity contribution in [2.75, 3.05) is 0 Å². The molecule has 3 rings (SSSR count). The Morgan fingerprint density at radius 1 is 1.08 bits per heavy atom. The van der Waals surface area contributed by atoms with Crippen molar-refractivity contribution in [3.63, 3.8) is 0 Å². The minimum Gasteiger partial charge on any atom is -0.314 e. The molecule has 0 radical (unpaired) electrons. The first-order chi connectivity index (χ1) is 5.95. The van der Waals surface area contributed by atoms with Crippen LogP contribution in [0.15, 0.2) is 36.4 Å². The van der Waals surface area contributed by atoms with Gasteiger partial charge in [0.25, 0.3) is 0 Å². The van der Waals surface area contributed by atoms with Crippen LogP contribution in [-0.2, 0) is 6.42 Å². The Balaban J connectivity index is 2.57. The molecule has 1 heteroatoms. The van der Waals surface area contributed by atoms with Crippen LogP contribution in [0, 0.1) is 0 Å². The van der Waals surface area contributed by atoms with E-state index < -0.39 is 0 Å². The van der Waals surface area contributed by atoms with Gasteiger partial charge in [-0.25, -0.2) is 0 Å². The average Bonchev–Trinajstić information content (AvgIpc) is 2.52. The summed E-state index contributed by atoms with van der Waals surface area (Å²) in [6, 6.07) is 10.8. The Morgan fingerprint density at radius 2 is 2.08 bits per heavy atom. The first kappa shape index (κ1) is 6.06. The molecule has 0 unspecified atom stereocenters. The van der Waals surface area contributed by atoms with Crippen LogP contribution in [0.2, 0.25) is 0 Å². The minimum atomic E-state index is 1.05. The van der Waals surface area contributed by atoms with Crippen LogP contribution in [0.1, 0.15) is 11.4 Å². The highest BCUT2D eigenvalue weighted by Gasteiger charge is 2.05. The molecule has 1 nitrogen and oxygen atoms in total. The molecule has 0 fully saturated rings. The molecule has 0 bridgehead atoms. The molecule has 0 amide bonds. The number of allylic oxidation sites excluding steroid dienone is 1. The van der Waals surface area contributed by atoms with Crippen molar-refractivity contribution >= 4 is 11.6 Å². The van der Waals surface area contributed by atoms with E-state index >= 15 is 0 Å². The summed E-state index contributed by atoms with van der Waals surface area (Å²) in [5.74, 6) is 0. The summed E-state index contributed by atoms with van der Waals surface area (Å²) in [4.78, 5) is 0. The predicted molar refractivity (Wildman–Crippen MR) is 50.1 cm³/mol. The van der Waals surface area contributed by atoms with E-state index in [0.717, 1.165) is 6.42 Å². The van der Waals surface area contributed by atoms with Gasteiger partial charge in [0, 0.05) is 23.3 Å². The molecule has 0 N–H and O–H groups in total. The third-order valence-electron chi connectivity index (χ3n) is 2.40. The average molecular weight is 155 g/mol. The molecule has 0 aromatic carbocycles. The Labute approximate surface area is 70.9 Å². The highest BCUT2D eigenvalue weighted by atomic mass is 14.9. The lowest BCUT2D eigenvalue weighted by atomic mass is 10.2. The largest absolute Gasteiger partial charge is 0.314 e. The molecule has 0 spiro atoms. The fourth-order valence-corrected chi connectivity index (χ4v) is 1.85. The maximum absolute atomic E-state index is 2.31. The number of rotatable bonds is 0. The number of pyridine rings is 1. The molecule has 0 saturated heterocycles. The van der Waals surface area contributed by atoms with Gasteiger partial charge in [-0.3, -0.25) is 0 Å². The van der Waals surface area contributed by atoms with E-state index in [-0.39, 0.29) is 0 Å². The molecule has 1 aliphatic rings. The molecule has 58 valence electrons. The van der Waals surface area contributed by atoms with Crippen LogP contribution in [0.4, 0.5) is 0 Å². The van der Waals surface area contributed by atoms with Crippen molar-refractivity contribution < 1.29 is 0 Å². The third-order valence-corrected chi connectivity index (χ3v) is 2.40. The van der Waals surface area contributed by atoms with E-state index in [1.54, 1.807) is 0 Å². The number of nitrogens with zero attached hydrogens (tertiary/aromatic N) is 1. The molecule has 3 heterocycles. The summed E-state index contributed by atoms with van der Waals surface area (Å²) >= 11 is 0. The van der Waals surface area contributed by atoms with Gasteiger partial charge in [-0.2, -0.15) is 0 Å². The lowest BCUT2D eigenvalue weighted by Crippen LogP contribution is -1.99. The highest BCUT2D eigenvalue weighted by molar-refractivity contribution is 5.61. The fraction of sp³-hybridized carbons (Fsp3) is 0.0909. The van der Waals surface area contributed by atoms with E-state index in [0.29, 0.717) is 0 Å². The van der Waals surface area contributed by atoms with Crippen molar-refractivity contribution in [2.45, 2.75) is 6.42 Å². The quantitative estimate of drug-likeness (QED) is 0.550. The zero-order valence-corrected chi connectivity index (χ0v) is 6.70. The first-order valence-corrected chi connectivity index (χ1v) is 4.21. The Kier molecular flexibility index (Phi) is 1.01. The van der Waals surface area contributed by atoms with E-state index in [1.165, 1.54) is 16.9 Å². The standard InChI is InChI=1S/C11H9N/c1-3-9-4-2-6-11-8-7-10(5-1)12(9)11/h1-3,5-8H,4H2. The first-order valence-electron chi connectivity index (χ1n) is 4.21. The van der Waals surface area contributed by atoms with Crippen LogP contribution < -0.4 is 0 Å². The van der Waals surface area contributed by atoms with Crippen molar-refractivity contribution in [3.05, 3.63) is 47.8 Å². The molecular weight excluding hydrogens is 146 g/mol. The number of hydrogen-bond donors (Lipinski definition) is 0. The van der Waals surface area contributed by atoms with Crippen LogP contribution in [0.25, 0.3) is 11.6 Å². The van der Waals surface area contributed by atoms with Gasteiger partial charge in [0.05, 0.1) is 0 Å². The third kappa shape index (κ3) is 0.632. The smallest absolute Gasteiger partial charge is 0.0459 e. The summed E-state index contributed by atoms with van der Waals surface area (Å²) in [6.45, 7) is 0. The monoisotopic (exact) mass is 155 g/mol. The fourth-order valence-electron chi connectivity index (χ4n) is 1.85. The minimum absolute atomic E-state index is 1.05. The summed E-state index contributed by atoms with van der Waals surface area (Å²) < 4.78 is 2.31. The summed E-state index contributed by atoms with van der Waals surface area (Å²) in [5.41, 5.74) is 3.98. The van der Waals surface area contributed by atoms with E-state index in [2.05, 4.69) is 46.9 Å². The molecule has 12 heavy (non-hydrogen) atoms. The Hall–Kier alpha value is -1.50. The summed E-state index contributed by atoms with van der Waals surface area (Å²) in [5, 5.41) is 0. The lowest BCUT2D eigenvalue weighted by Gasteiger charge is -2.09. The molecule has 2 aromatic heterocycles. The van der Waals surface area contributed by atoms with Crippen molar-refractivity contribution in [1.29, 1.82) is 0 Å². The van der Waals surface area contributed by atoms with Gasteiger partial charge in [0.1, 0.15) is 0 Å². The van der Waals surface area contributed by atoms with Crippen LogP contribution in [0.5, 0.6) is 0 Å². The summed E-state index contributed by atoms with van der Waals surface area (Å²) in [6.07, 6.45) is 5.45. The predicted octanol–water partition coefficient (Wildman–Crippen LogP) is 2.51. The van der Waals surface area contributed by atoms with E-state index in [9.17, 15) is 0 Å². The molecule has 0 saturated carbocycles. The van der Waals surface area contributed by atoms with Gasteiger partial charge in [0.15, 0.2) is 0 Å². The van der Waals surface area contributed by atoms with E-state index in [1.807, 2.05) is 0 Å². The van der Waals surface area contributed by atoms with Gasteiger partial charge >= 0.3 is 0 Å². The van der Waals surface area contributed by atoms with Gasteiger partial charge in [-0.15, -0.1) is 0 Å². The number of hydrogen-bond acceptors (Lipinski definition) is 0. The molecule has 0 atom stereocenters. The molecule has 1 aliphatic heterocycles. The van der Waals surface area contributed by atoms with E-state index in [4.69, 9.17) is 0 Å². The Morgan fingerprint density at radius 3 is 3.08 bits per heavy atom. The van der Waals surface area contributed by atoms with Gasteiger partial charge in [0.2, 0.25) is 0 Å². The second-order valence-corrected chi connectivity index (χ2v) is 3.14. The second kappa shape index (κ2) is 2.01. The summed E-state index contributed by atoms with van der Waals surface area (Å²) in [7, 11) is 0. The van der Waals surface area contributed by atoms with Gasteiger partial charge < -0.3 is 4.40 Å². The lowest BCUT2D eigenvalue weighted by molar-refractivity contribution is 1.01. The van der Waals surface area contributed by atoms with Crippen LogP contribution in [0.3, 0.4) is 0 Å². The van der Waals surface area contributed by atoms with Crippen molar-refractivity contribution in [2.24, 2.45) is 0 Å². The zero-order valence-electron chi connectivity index (χ0n) is 6.70. The van der Waals surface area contributed by atoms with Crippen molar-refractivity contribution in [3.8, 4) is 0 Å². The maximum Gasteiger partial charge on any atom is 0.0459 e. The second-order valence-electron chi connectivity index (χ2n) is 3.14. The highest BCUT2D eigenvalue weighted by Crippen LogP contribution is 2.19. The molecular formula is C11H9N. The normalized spacial score (nSPS) is 14.0. The SMILES string of the molecule is C1=Cc2ccc3cccc(n23)C1. The maximum atomic E-state index is 2.31. The molecule has 2 aromatic rings. The number of aromatic nitrogens is 1. The van der Waals surface area contributed by atoms with Crippen molar-refractivity contribution in [1.82, 2.24) is 4.40 Å². The topological polar surface area (TPSA) is 4.41 Å². The van der Waals surface area contributed by atoms with Crippen LogP contribution in [-0.4, -0.2) is 4.40 Å². The van der Waals surface area contributed by atoms with Gasteiger partial charge in [-0.05, 0) is 30.3 Å². The zero-order chi connectivity index (χ0) is 7.97. The molecule has 0 aliphatic carbocycles. The van der Waals surface area contributed by atoms with Gasteiger partial charge in [-0.1, -0.05) is 12.1 Å². The Bertz CT molecular complexity index is 463. The van der Waals surface area contributed by atoms with Crippen LogP contribution >= 0.6 is 0 Å².